The Morgan fingerprint density at radius 3 is 2.38 bits per heavy atom. The zero-order chi connectivity index (χ0) is 15.2. The Morgan fingerprint density at radius 1 is 0.952 bits per heavy atom. The minimum absolute atomic E-state index is 0.658. The molecule has 122 valence electrons. The fourth-order valence-corrected chi connectivity index (χ4v) is 2.82. The molecule has 0 bridgehead atoms. The van der Waals surface area contributed by atoms with Crippen LogP contribution in [0.1, 0.15) is 83.8 Å². The van der Waals surface area contributed by atoms with Crippen molar-refractivity contribution in [2.24, 2.45) is 0 Å². The lowest BCUT2D eigenvalue weighted by molar-refractivity contribution is 0.410. The molecule has 0 aliphatic carbocycles. The fraction of sp³-hybridized carbons (Fsp3) is 0.789. The molecular formula is C19H35NO. The van der Waals surface area contributed by atoms with E-state index in [0.29, 0.717) is 6.04 Å². The summed E-state index contributed by atoms with van der Waals surface area (Å²) in [6.07, 6.45) is 16.3. The van der Waals surface area contributed by atoms with Crippen LogP contribution in [0.25, 0.3) is 0 Å². The minimum atomic E-state index is 0.658. The maximum Gasteiger partial charge on any atom is 0.103 e. The van der Waals surface area contributed by atoms with Crippen molar-refractivity contribution >= 4 is 0 Å². The van der Waals surface area contributed by atoms with Gasteiger partial charge in [0.05, 0.1) is 6.26 Å². The standard InChI is InChI=1S/C19H35NO/c1-3-5-6-7-8-9-10-12-18(20-16-4-2)14-15-19-13-11-17-21-19/h11,13,17-18,20H,3-10,12,14-16H2,1-2H3. The lowest BCUT2D eigenvalue weighted by Crippen LogP contribution is -2.30. The van der Waals surface area contributed by atoms with Crippen LogP contribution < -0.4 is 5.32 Å². The molecule has 0 saturated carbocycles. The Balaban J connectivity index is 2.10. The first-order valence-electron chi connectivity index (χ1n) is 9.12. The lowest BCUT2D eigenvalue weighted by Gasteiger charge is -2.18. The highest BCUT2D eigenvalue weighted by Gasteiger charge is 2.08. The SMILES string of the molecule is CCCCCCCCCC(CCc1ccco1)NCCC. The number of rotatable bonds is 14. The topological polar surface area (TPSA) is 25.2 Å². The predicted octanol–water partition coefficient (Wildman–Crippen LogP) is 5.72. The number of furan rings is 1. The average molecular weight is 293 g/mol. The number of hydrogen-bond acceptors (Lipinski definition) is 2. The second kappa shape index (κ2) is 12.9. The summed E-state index contributed by atoms with van der Waals surface area (Å²) in [5.74, 6) is 1.12. The molecule has 0 spiro atoms. The van der Waals surface area contributed by atoms with Crippen LogP contribution in [0.4, 0.5) is 0 Å². The van der Waals surface area contributed by atoms with Crippen molar-refractivity contribution in [3.63, 3.8) is 0 Å². The molecule has 1 rings (SSSR count). The van der Waals surface area contributed by atoms with Crippen molar-refractivity contribution in [2.75, 3.05) is 6.54 Å². The van der Waals surface area contributed by atoms with Crippen LogP contribution in [0, 0.1) is 0 Å². The number of nitrogens with one attached hydrogen (secondary N) is 1. The summed E-state index contributed by atoms with van der Waals surface area (Å²) in [4.78, 5) is 0. The predicted molar refractivity (Wildman–Crippen MR) is 91.7 cm³/mol. The molecule has 0 aromatic carbocycles. The maximum atomic E-state index is 5.44. The second-order valence-corrected chi connectivity index (χ2v) is 6.18. The Labute approximate surface area is 131 Å². The van der Waals surface area contributed by atoms with E-state index in [-0.39, 0.29) is 0 Å². The Morgan fingerprint density at radius 2 is 1.71 bits per heavy atom. The van der Waals surface area contributed by atoms with Gasteiger partial charge in [0.15, 0.2) is 0 Å². The summed E-state index contributed by atoms with van der Waals surface area (Å²) < 4.78 is 5.44. The molecule has 1 aromatic heterocycles. The highest BCUT2D eigenvalue weighted by molar-refractivity contribution is 4.98. The van der Waals surface area contributed by atoms with E-state index in [2.05, 4.69) is 25.2 Å². The van der Waals surface area contributed by atoms with E-state index in [0.717, 1.165) is 18.7 Å². The molecule has 0 amide bonds. The van der Waals surface area contributed by atoms with Gasteiger partial charge in [0.25, 0.3) is 0 Å². The van der Waals surface area contributed by atoms with Gasteiger partial charge in [-0.15, -0.1) is 0 Å². The quantitative estimate of drug-likeness (QED) is 0.444. The molecule has 1 atom stereocenters. The number of aryl methyl sites for hydroxylation is 1. The summed E-state index contributed by atoms with van der Waals surface area (Å²) in [7, 11) is 0. The van der Waals surface area contributed by atoms with E-state index in [1.165, 1.54) is 64.2 Å². The van der Waals surface area contributed by atoms with Gasteiger partial charge in [-0.1, -0.05) is 58.8 Å². The van der Waals surface area contributed by atoms with Gasteiger partial charge in [0, 0.05) is 12.5 Å². The highest BCUT2D eigenvalue weighted by Crippen LogP contribution is 2.13. The largest absolute Gasteiger partial charge is 0.469 e. The van der Waals surface area contributed by atoms with Crippen molar-refractivity contribution in [3.05, 3.63) is 24.2 Å². The van der Waals surface area contributed by atoms with Crippen molar-refractivity contribution in [1.29, 1.82) is 0 Å². The zero-order valence-corrected chi connectivity index (χ0v) is 14.2. The van der Waals surface area contributed by atoms with Crippen molar-refractivity contribution in [3.8, 4) is 0 Å². The fourth-order valence-electron chi connectivity index (χ4n) is 2.82. The van der Waals surface area contributed by atoms with Gasteiger partial charge in [-0.25, -0.2) is 0 Å². The van der Waals surface area contributed by atoms with Gasteiger partial charge in [0.1, 0.15) is 5.76 Å². The normalized spacial score (nSPS) is 12.7. The summed E-state index contributed by atoms with van der Waals surface area (Å²) >= 11 is 0. The lowest BCUT2D eigenvalue weighted by atomic mass is 10.0. The number of unbranched alkanes of at least 4 members (excludes halogenated alkanes) is 6. The molecule has 21 heavy (non-hydrogen) atoms. The van der Waals surface area contributed by atoms with Gasteiger partial charge in [-0.05, 0) is 37.9 Å². The van der Waals surface area contributed by atoms with Gasteiger partial charge < -0.3 is 9.73 Å². The van der Waals surface area contributed by atoms with Crippen LogP contribution in [-0.4, -0.2) is 12.6 Å². The number of hydrogen-bond donors (Lipinski definition) is 1. The molecule has 1 N–H and O–H groups in total. The molecule has 1 aromatic rings. The van der Waals surface area contributed by atoms with Gasteiger partial charge in [0.2, 0.25) is 0 Å². The van der Waals surface area contributed by atoms with Crippen molar-refractivity contribution < 1.29 is 4.42 Å². The molecule has 0 radical (unpaired) electrons. The average Bonchev–Trinajstić information content (AvgIpc) is 3.01. The van der Waals surface area contributed by atoms with Gasteiger partial charge in [-0.2, -0.15) is 0 Å². The Bertz CT molecular complexity index is 307. The minimum Gasteiger partial charge on any atom is -0.469 e. The van der Waals surface area contributed by atoms with E-state index >= 15 is 0 Å². The third-order valence-electron chi connectivity index (χ3n) is 4.16. The zero-order valence-electron chi connectivity index (χ0n) is 14.2. The molecule has 0 aliphatic heterocycles. The van der Waals surface area contributed by atoms with Crippen LogP contribution in [-0.2, 0) is 6.42 Å². The van der Waals surface area contributed by atoms with E-state index < -0.39 is 0 Å². The molecule has 2 nitrogen and oxygen atoms in total. The van der Waals surface area contributed by atoms with Crippen molar-refractivity contribution in [1.82, 2.24) is 5.32 Å². The molecule has 1 unspecified atom stereocenters. The first kappa shape index (κ1) is 18.3. The van der Waals surface area contributed by atoms with Crippen LogP contribution in [0.3, 0.4) is 0 Å². The Kier molecular flexibility index (Phi) is 11.3. The van der Waals surface area contributed by atoms with Crippen LogP contribution in [0.5, 0.6) is 0 Å². The summed E-state index contributed by atoms with van der Waals surface area (Å²) in [6, 6.07) is 4.73. The van der Waals surface area contributed by atoms with Gasteiger partial charge in [-0.3, -0.25) is 0 Å². The van der Waals surface area contributed by atoms with Crippen LogP contribution in [0.15, 0.2) is 22.8 Å². The molecular weight excluding hydrogens is 258 g/mol. The smallest absolute Gasteiger partial charge is 0.103 e. The first-order valence-corrected chi connectivity index (χ1v) is 9.12. The molecule has 1 heterocycles. The van der Waals surface area contributed by atoms with Crippen molar-refractivity contribution in [2.45, 2.75) is 90.5 Å². The van der Waals surface area contributed by atoms with Crippen LogP contribution in [0.2, 0.25) is 0 Å². The van der Waals surface area contributed by atoms with E-state index in [9.17, 15) is 0 Å². The summed E-state index contributed by atoms with van der Waals surface area (Å²) in [6.45, 7) is 5.66. The molecule has 2 heteroatoms. The monoisotopic (exact) mass is 293 g/mol. The Hall–Kier alpha value is -0.760. The maximum absolute atomic E-state index is 5.44. The van der Waals surface area contributed by atoms with E-state index in [1.54, 1.807) is 6.26 Å². The highest BCUT2D eigenvalue weighted by atomic mass is 16.3. The first-order chi connectivity index (χ1) is 10.4. The summed E-state index contributed by atoms with van der Waals surface area (Å²) in [5.41, 5.74) is 0. The van der Waals surface area contributed by atoms with E-state index in [4.69, 9.17) is 4.42 Å². The molecule has 0 fully saturated rings. The molecule has 0 saturated heterocycles. The van der Waals surface area contributed by atoms with Crippen LogP contribution >= 0.6 is 0 Å². The molecule has 0 aliphatic rings. The summed E-state index contributed by atoms with van der Waals surface area (Å²) in [5, 5.41) is 3.70. The third kappa shape index (κ3) is 9.73. The van der Waals surface area contributed by atoms with Gasteiger partial charge >= 0.3 is 0 Å². The van der Waals surface area contributed by atoms with E-state index in [1.807, 2.05) is 6.07 Å². The second-order valence-electron chi connectivity index (χ2n) is 6.18. The third-order valence-corrected chi connectivity index (χ3v) is 4.16.